The highest BCUT2D eigenvalue weighted by atomic mass is 31.1. The maximum absolute atomic E-state index is 11.6. The van der Waals surface area contributed by atoms with Gasteiger partial charge in [-0.25, -0.2) is 0 Å². The summed E-state index contributed by atoms with van der Waals surface area (Å²) in [5.74, 6) is -1.17. The van der Waals surface area contributed by atoms with E-state index in [1.807, 2.05) is 31.2 Å². The van der Waals surface area contributed by atoms with Crippen molar-refractivity contribution in [2.24, 2.45) is 0 Å². The highest BCUT2D eigenvalue weighted by Crippen LogP contribution is 2.33. The molecule has 0 fully saturated rings. The van der Waals surface area contributed by atoms with Crippen molar-refractivity contribution in [3.63, 3.8) is 0 Å². The minimum atomic E-state index is -0.743. The van der Waals surface area contributed by atoms with Crippen LogP contribution in [0.25, 0.3) is 0 Å². The highest BCUT2D eigenvalue weighted by Gasteiger charge is 2.20. The predicted molar refractivity (Wildman–Crippen MR) is 110 cm³/mol. The molecule has 0 bridgehead atoms. The first-order valence-corrected chi connectivity index (χ1v) is 10.3. The third-order valence-corrected chi connectivity index (χ3v) is 6.90. The molecule has 0 spiro atoms. The van der Waals surface area contributed by atoms with Crippen LogP contribution >= 0.6 is 7.92 Å². The van der Waals surface area contributed by atoms with Crippen LogP contribution < -0.4 is 15.9 Å². The van der Waals surface area contributed by atoms with Gasteiger partial charge in [-0.2, -0.15) is 0 Å². The lowest BCUT2D eigenvalue weighted by Gasteiger charge is -2.20. The molecule has 0 aliphatic rings. The minimum absolute atomic E-state index is 0.422. The second kappa shape index (κ2) is 8.78. The third kappa shape index (κ3) is 4.20. The van der Waals surface area contributed by atoms with Crippen LogP contribution in [0.1, 0.15) is 31.2 Å². The Morgan fingerprint density at radius 3 is 1.69 bits per heavy atom. The summed E-state index contributed by atoms with van der Waals surface area (Å²) < 4.78 is 0. The predicted octanol–water partition coefficient (Wildman–Crippen LogP) is 4.41. The zero-order chi connectivity index (χ0) is 18.4. The van der Waals surface area contributed by atoms with Crippen LogP contribution in [0.2, 0.25) is 0 Å². The van der Waals surface area contributed by atoms with Gasteiger partial charge in [-0.05, 0) is 35.8 Å². The molecule has 3 heteroatoms. The first kappa shape index (κ1) is 18.4. The van der Waals surface area contributed by atoms with Crippen molar-refractivity contribution >= 4 is 29.8 Å². The van der Waals surface area contributed by atoms with Crippen molar-refractivity contribution in [3.8, 4) is 0 Å². The van der Waals surface area contributed by atoms with Crippen LogP contribution in [-0.2, 0) is 4.79 Å². The van der Waals surface area contributed by atoms with Crippen molar-refractivity contribution in [2.45, 2.75) is 25.7 Å². The molecule has 3 rings (SSSR count). The fourth-order valence-electron chi connectivity index (χ4n) is 3.18. The molecule has 2 nitrogen and oxygen atoms in total. The normalized spacial score (nSPS) is 12.1. The lowest BCUT2D eigenvalue weighted by atomic mass is 9.95. The minimum Gasteiger partial charge on any atom is -0.481 e. The van der Waals surface area contributed by atoms with Crippen molar-refractivity contribution in [3.05, 3.63) is 90.5 Å². The number of aliphatic carboxylic acids is 1. The van der Waals surface area contributed by atoms with Crippen LogP contribution in [0.4, 0.5) is 0 Å². The first-order chi connectivity index (χ1) is 12.7. The van der Waals surface area contributed by atoms with Gasteiger partial charge < -0.3 is 5.11 Å². The molecule has 0 radical (unpaired) electrons. The van der Waals surface area contributed by atoms with E-state index in [0.29, 0.717) is 6.42 Å². The van der Waals surface area contributed by atoms with Crippen molar-refractivity contribution in [1.82, 2.24) is 0 Å². The molecule has 0 aromatic heterocycles. The summed E-state index contributed by atoms with van der Waals surface area (Å²) in [4.78, 5) is 11.6. The Balaban J connectivity index is 1.99. The number of hydrogen-bond acceptors (Lipinski definition) is 1. The van der Waals surface area contributed by atoms with E-state index in [-0.39, 0.29) is 0 Å². The summed E-state index contributed by atoms with van der Waals surface area (Å²) in [6.07, 6.45) is 1.53. The Kier molecular flexibility index (Phi) is 6.20. The Morgan fingerprint density at radius 1 is 0.808 bits per heavy atom. The van der Waals surface area contributed by atoms with Gasteiger partial charge in [0.05, 0.1) is 5.92 Å². The van der Waals surface area contributed by atoms with Gasteiger partial charge in [0.25, 0.3) is 0 Å². The smallest absolute Gasteiger partial charge is 0.310 e. The highest BCUT2D eigenvalue weighted by molar-refractivity contribution is 7.79. The maximum atomic E-state index is 11.6. The van der Waals surface area contributed by atoms with Crippen LogP contribution in [0, 0.1) is 0 Å². The Morgan fingerprint density at radius 2 is 1.27 bits per heavy atom. The van der Waals surface area contributed by atoms with Gasteiger partial charge in [-0.3, -0.25) is 4.79 Å². The van der Waals surface area contributed by atoms with Crippen molar-refractivity contribution < 1.29 is 9.90 Å². The molecule has 0 saturated heterocycles. The second-order valence-electron chi connectivity index (χ2n) is 6.28. The number of carboxylic acids is 1. The molecule has 3 aromatic carbocycles. The molecule has 0 saturated carbocycles. The lowest BCUT2D eigenvalue weighted by Crippen LogP contribution is -2.21. The molecule has 0 aliphatic carbocycles. The standard InChI is InChI=1S/C23H23O2P/c1-2-9-22(23(24)25)18-14-16-21(17-15-18)26(19-10-5-3-6-11-19)20-12-7-4-8-13-20/h3-8,10-17,22H,2,9H2,1H3,(H,24,25). The van der Waals surface area contributed by atoms with E-state index in [1.54, 1.807) is 0 Å². The molecule has 1 atom stereocenters. The molecule has 3 aromatic rings. The summed E-state index contributed by atoms with van der Waals surface area (Å²) in [7, 11) is -0.648. The van der Waals surface area contributed by atoms with Gasteiger partial charge in [-0.15, -0.1) is 0 Å². The number of benzene rings is 3. The zero-order valence-corrected chi connectivity index (χ0v) is 15.8. The Bertz CT molecular complexity index is 790. The van der Waals surface area contributed by atoms with Gasteiger partial charge in [-0.1, -0.05) is 98.3 Å². The van der Waals surface area contributed by atoms with Gasteiger partial charge >= 0.3 is 5.97 Å². The van der Waals surface area contributed by atoms with Crippen LogP contribution in [-0.4, -0.2) is 11.1 Å². The van der Waals surface area contributed by atoms with Crippen molar-refractivity contribution in [2.75, 3.05) is 0 Å². The van der Waals surface area contributed by atoms with E-state index in [1.165, 1.54) is 15.9 Å². The van der Waals surface area contributed by atoms with Crippen LogP contribution in [0.3, 0.4) is 0 Å². The molecular formula is C23H23O2P. The average Bonchev–Trinajstić information content (AvgIpc) is 2.68. The number of rotatable bonds is 7. The quantitative estimate of drug-likeness (QED) is 0.632. The Hall–Kier alpha value is -2.44. The summed E-state index contributed by atoms with van der Waals surface area (Å²) in [5, 5.41) is 13.3. The van der Waals surface area contributed by atoms with E-state index in [2.05, 4.69) is 60.7 Å². The SMILES string of the molecule is CCCC(C(=O)O)c1ccc(P(c2ccccc2)c2ccccc2)cc1. The molecule has 0 aliphatic heterocycles. The van der Waals surface area contributed by atoms with Crippen LogP contribution in [0.5, 0.6) is 0 Å². The van der Waals surface area contributed by atoms with Crippen LogP contribution in [0.15, 0.2) is 84.9 Å². The fraction of sp³-hybridized carbons (Fsp3) is 0.174. The molecule has 1 unspecified atom stereocenters. The summed E-state index contributed by atoms with van der Waals surface area (Å²) in [6, 6.07) is 29.2. The molecule has 0 heterocycles. The first-order valence-electron chi connectivity index (χ1n) is 8.93. The van der Waals surface area contributed by atoms with E-state index >= 15 is 0 Å². The molecule has 0 amide bonds. The number of carboxylic acid groups (broad SMARTS) is 1. The monoisotopic (exact) mass is 362 g/mol. The van der Waals surface area contributed by atoms with Gasteiger partial charge in [0.1, 0.15) is 0 Å². The number of carbonyl (C=O) groups is 1. The topological polar surface area (TPSA) is 37.3 Å². The summed E-state index contributed by atoms with van der Waals surface area (Å²) in [5.41, 5.74) is 0.888. The summed E-state index contributed by atoms with van der Waals surface area (Å²) >= 11 is 0. The maximum Gasteiger partial charge on any atom is 0.310 e. The number of hydrogen-bond donors (Lipinski definition) is 1. The van der Waals surface area contributed by atoms with E-state index in [0.717, 1.165) is 12.0 Å². The van der Waals surface area contributed by atoms with E-state index < -0.39 is 19.8 Å². The third-order valence-electron chi connectivity index (χ3n) is 4.46. The van der Waals surface area contributed by atoms with Gasteiger partial charge in [0, 0.05) is 0 Å². The van der Waals surface area contributed by atoms with E-state index in [4.69, 9.17) is 0 Å². The van der Waals surface area contributed by atoms with Gasteiger partial charge in [0.15, 0.2) is 0 Å². The Labute approximate surface area is 156 Å². The van der Waals surface area contributed by atoms with Crippen molar-refractivity contribution in [1.29, 1.82) is 0 Å². The molecule has 26 heavy (non-hydrogen) atoms. The summed E-state index contributed by atoms with van der Waals surface area (Å²) in [6.45, 7) is 2.02. The zero-order valence-electron chi connectivity index (χ0n) is 14.9. The van der Waals surface area contributed by atoms with E-state index in [9.17, 15) is 9.90 Å². The largest absolute Gasteiger partial charge is 0.481 e. The molecule has 1 N–H and O–H groups in total. The lowest BCUT2D eigenvalue weighted by molar-refractivity contribution is -0.139. The molecule has 132 valence electrons. The van der Waals surface area contributed by atoms with Gasteiger partial charge in [0.2, 0.25) is 0 Å². The molecular weight excluding hydrogens is 339 g/mol. The average molecular weight is 362 g/mol. The second-order valence-corrected chi connectivity index (χ2v) is 8.50. The fourth-order valence-corrected chi connectivity index (χ4v) is 5.46.